The molecule has 0 saturated heterocycles. The van der Waals surface area contributed by atoms with Crippen molar-refractivity contribution in [2.24, 2.45) is 0 Å². The van der Waals surface area contributed by atoms with Crippen molar-refractivity contribution in [1.82, 2.24) is 4.98 Å². The molecule has 0 aliphatic heterocycles. The van der Waals surface area contributed by atoms with E-state index in [9.17, 15) is 9.50 Å². The van der Waals surface area contributed by atoms with Gasteiger partial charge in [0.25, 0.3) is 0 Å². The molecule has 4 nitrogen and oxygen atoms in total. The molecular weight excluding hydrogens is 247 g/mol. The number of nitrogens with two attached hydrogens (primary N) is 1. The van der Waals surface area contributed by atoms with Crippen LogP contribution in [0.4, 0.5) is 10.2 Å². The van der Waals surface area contributed by atoms with Gasteiger partial charge in [-0.1, -0.05) is 0 Å². The zero-order chi connectivity index (χ0) is 14.0. The summed E-state index contributed by atoms with van der Waals surface area (Å²) < 4.78 is 18.8. The first-order valence-corrected chi connectivity index (χ1v) is 5.76. The van der Waals surface area contributed by atoms with Crippen LogP contribution in [0.5, 0.6) is 5.75 Å². The molecule has 19 heavy (non-hydrogen) atoms. The van der Waals surface area contributed by atoms with Gasteiger partial charge >= 0.3 is 0 Å². The van der Waals surface area contributed by atoms with E-state index in [0.717, 1.165) is 5.56 Å². The van der Waals surface area contributed by atoms with Gasteiger partial charge in [-0.2, -0.15) is 0 Å². The van der Waals surface area contributed by atoms with Gasteiger partial charge in [0.2, 0.25) is 0 Å². The van der Waals surface area contributed by atoms with Crippen LogP contribution in [0, 0.1) is 12.7 Å². The number of hydrogen-bond acceptors (Lipinski definition) is 4. The van der Waals surface area contributed by atoms with Crippen molar-refractivity contribution in [3.63, 3.8) is 0 Å². The molecule has 0 amide bonds. The molecular formula is C14H15FN2O2. The molecule has 3 N–H and O–H groups in total. The Balaban J connectivity index is 2.43. The number of nitrogens with zero attached hydrogens (tertiary/aromatic N) is 1. The molecule has 0 aliphatic carbocycles. The first-order valence-electron chi connectivity index (χ1n) is 5.76. The van der Waals surface area contributed by atoms with Crippen LogP contribution < -0.4 is 10.5 Å². The Bertz CT molecular complexity index is 602. The van der Waals surface area contributed by atoms with Gasteiger partial charge in [0.15, 0.2) is 0 Å². The van der Waals surface area contributed by atoms with Crippen LogP contribution in [0.2, 0.25) is 0 Å². The van der Waals surface area contributed by atoms with E-state index >= 15 is 0 Å². The highest BCUT2D eigenvalue weighted by molar-refractivity contribution is 5.46. The molecule has 0 spiro atoms. The maximum atomic E-state index is 13.9. The monoisotopic (exact) mass is 262 g/mol. The van der Waals surface area contributed by atoms with E-state index in [0.29, 0.717) is 11.3 Å². The number of halogens is 1. The van der Waals surface area contributed by atoms with Gasteiger partial charge in [-0.25, -0.2) is 9.37 Å². The van der Waals surface area contributed by atoms with Crippen molar-refractivity contribution < 1.29 is 14.2 Å². The Kier molecular flexibility index (Phi) is 3.66. The van der Waals surface area contributed by atoms with Gasteiger partial charge in [-0.3, -0.25) is 0 Å². The molecule has 1 aromatic carbocycles. The number of aryl methyl sites for hydroxylation is 1. The molecule has 0 fully saturated rings. The van der Waals surface area contributed by atoms with Crippen molar-refractivity contribution >= 4 is 5.82 Å². The van der Waals surface area contributed by atoms with E-state index < -0.39 is 11.9 Å². The molecule has 0 aliphatic rings. The Morgan fingerprint density at radius 3 is 2.68 bits per heavy atom. The quantitative estimate of drug-likeness (QED) is 0.889. The van der Waals surface area contributed by atoms with Crippen molar-refractivity contribution in [3.8, 4) is 5.75 Å². The molecule has 0 saturated carbocycles. The number of nitrogen functional groups attached to an aromatic ring is 1. The summed E-state index contributed by atoms with van der Waals surface area (Å²) in [7, 11) is 1.45. The third-order valence-electron chi connectivity index (χ3n) is 2.88. The van der Waals surface area contributed by atoms with Gasteiger partial charge in [-0.15, -0.1) is 0 Å². The Morgan fingerprint density at radius 2 is 2.05 bits per heavy atom. The second-order valence-electron chi connectivity index (χ2n) is 4.28. The van der Waals surface area contributed by atoms with Crippen LogP contribution >= 0.6 is 0 Å². The Labute approximate surface area is 110 Å². The highest BCUT2D eigenvalue weighted by atomic mass is 19.1. The summed E-state index contributed by atoms with van der Waals surface area (Å²) >= 11 is 0. The number of aliphatic hydroxyl groups excluding tert-OH is 1. The predicted octanol–water partition coefficient (Wildman–Crippen LogP) is 2.20. The summed E-state index contributed by atoms with van der Waals surface area (Å²) in [5, 5.41) is 10.2. The zero-order valence-corrected chi connectivity index (χ0v) is 10.7. The van der Waals surface area contributed by atoms with Crippen molar-refractivity contribution in [2.75, 3.05) is 12.8 Å². The van der Waals surface area contributed by atoms with Crippen molar-refractivity contribution in [3.05, 3.63) is 53.0 Å². The van der Waals surface area contributed by atoms with Gasteiger partial charge < -0.3 is 15.6 Å². The first-order chi connectivity index (χ1) is 9.02. The summed E-state index contributed by atoms with van der Waals surface area (Å²) in [5.41, 5.74) is 7.09. The second kappa shape index (κ2) is 5.24. The average Bonchev–Trinajstić information content (AvgIpc) is 2.40. The largest absolute Gasteiger partial charge is 0.497 e. The second-order valence-corrected chi connectivity index (χ2v) is 4.28. The number of methoxy groups -OCH3 is 1. The van der Waals surface area contributed by atoms with Crippen LogP contribution in [0.25, 0.3) is 0 Å². The first kappa shape index (κ1) is 13.3. The van der Waals surface area contributed by atoms with Crippen LogP contribution in [0.15, 0.2) is 30.5 Å². The fraction of sp³-hybridized carbons (Fsp3) is 0.214. The van der Waals surface area contributed by atoms with Gasteiger partial charge in [0.05, 0.1) is 7.11 Å². The normalized spacial score (nSPS) is 12.2. The third-order valence-corrected chi connectivity index (χ3v) is 2.88. The molecule has 2 rings (SSSR count). The fourth-order valence-electron chi connectivity index (χ4n) is 1.85. The maximum Gasteiger partial charge on any atom is 0.133 e. The lowest BCUT2D eigenvalue weighted by Gasteiger charge is -2.15. The predicted molar refractivity (Wildman–Crippen MR) is 70.4 cm³/mol. The molecule has 1 aromatic heterocycles. The van der Waals surface area contributed by atoms with Crippen LogP contribution in [0.3, 0.4) is 0 Å². The molecule has 1 atom stereocenters. The zero-order valence-electron chi connectivity index (χ0n) is 10.7. The topological polar surface area (TPSA) is 68.4 Å². The van der Waals surface area contributed by atoms with Crippen molar-refractivity contribution in [2.45, 2.75) is 13.0 Å². The van der Waals surface area contributed by atoms with Crippen LogP contribution in [0.1, 0.15) is 22.8 Å². The van der Waals surface area contributed by atoms with Gasteiger partial charge in [0, 0.05) is 23.4 Å². The number of aromatic nitrogens is 1. The number of hydrogen-bond donors (Lipinski definition) is 2. The number of ether oxygens (including phenoxy) is 1. The van der Waals surface area contributed by atoms with Crippen LogP contribution in [-0.4, -0.2) is 17.2 Å². The molecule has 1 heterocycles. The van der Waals surface area contributed by atoms with E-state index in [1.165, 1.54) is 19.2 Å². The van der Waals surface area contributed by atoms with E-state index in [1.54, 1.807) is 18.3 Å². The third kappa shape index (κ3) is 2.66. The standard InChI is InChI=1S/C14H15FN2O2/c1-8-5-11(14(16)17-7-8)13(18)10-4-3-9(19-2)6-12(10)15/h3-7,13,18H,1-2H3,(H2,16,17). The fourth-order valence-corrected chi connectivity index (χ4v) is 1.85. The molecule has 0 bridgehead atoms. The number of anilines is 1. The number of aliphatic hydroxyl groups is 1. The van der Waals surface area contributed by atoms with Crippen LogP contribution in [-0.2, 0) is 0 Å². The molecule has 1 unspecified atom stereocenters. The molecule has 100 valence electrons. The SMILES string of the molecule is COc1ccc(C(O)c2cc(C)cnc2N)c(F)c1. The van der Waals surface area contributed by atoms with Crippen molar-refractivity contribution in [1.29, 1.82) is 0 Å². The number of rotatable bonds is 3. The molecule has 5 heteroatoms. The lowest BCUT2D eigenvalue weighted by molar-refractivity contribution is 0.215. The van der Waals surface area contributed by atoms with E-state index in [2.05, 4.69) is 4.98 Å². The smallest absolute Gasteiger partial charge is 0.133 e. The summed E-state index contributed by atoms with van der Waals surface area (Å²) in [4.78, 5) is 3.96. The Hall–Kier alpha value is -2.14. The molecule has 2 aromatic rings. The summed E-state index contributed by atoms with van der Waals surface area (Å²) in [5.74, 6) is 0.0323. The minimum atomic E-state index is -1.15. The average molecular weight is 262 g/mol. The Morgan fingerprint density at radius 1 is 1.32 bits per heavy atom. The van der Waals surface area contributed by atoms with E-state index in [4.69, 9.17) is 10.5 Å². The summed E-state index contributed by atoms with van der Waals surface area (Å²) in [6.45, 7) is 1.83. The van der Waals surface area contributed by atoms with Gasteiger partial charge in [-0.05, 0) is 30.7 Å². The highest BCUT2D eigenvalue weighted by Gasteiger charge is 2.18. The minimum Gasteiger partial charge on any atom is -0.497 e. The maximum absolute atomic E-state index is 13.9. The minimum absolute atomic E-state index is 0.139. The molecule has 0 radical (unpaired) electrons. The highest BCUT2D eigenvalue weighted by Crippen LogP contribution is 2.29. The lowest BCUT2D eigenvalue weighted by Crippen LogP contribution is -2.08. The number of benzene rings is 1. The van der Waals surface area contributed by atoms with E-state index in [-0.39, 0.29) is 11.4 Å². The number of pyridine rings is 1. The van der Waals surface area contributed by atoms with Gasteiger partial charge in [0.1, 0.15) is 23.5 Å². The summed E-state index contributed by atoms with van der Waals surface area (Å²) in [6.07, 6.45) is 0.439. The summed E-state index contributed by atoms with van der Waals surface area (Å²) in [6, 6.07) is 5.97. The van der Waals surface area contributed by atoms with E-state index in [1.807, 2.05) is 6.92 Å². The lowest BCUT2D eigenvalue weighted by atomic mass is 10.0.